The van der Waals surface area contributed by atoms with Crippen molar-refractivity contribution in [1.82, 2.24) is 0 Å². The normalized spacial score (nSPS) is 31.8. The number of fused-ring (bicyclic) bond motifs is 1. The van der Waals surface area contributed by atoms with E-state index in [9.17, 15) is 14.7 Å². The summed E-state index contributed by atoms with van der Waals surface area (Å²) < 4.78 is 10.7. The van der Waals surface area contributed by atoms with Gasteiger partial charge in [-0.1, -0.05) is 30.4 Å². The van der Waals surface area contributed by atoms with Crippen LogP contribution in [0.4, 0.5) is 0 Å². The van der Waals surface area contributed by atoms with Crippen LogP contribution in [0.15, 0.2) is 47.6 Å². The Balaban J connectivity index is 2.45. The molecular formula is C21H28O5. The van der Waals surface area contributed by atoms with Gasteiger partial charge >= 0.3 is 5.97 Å². The highest BCUT2D eigenvalue weighted by Gasteiger charge is 2.45. The van der Waals surface area contributed by atoms with Gasteiger partial charge in [0.2, 0.25) is 0 Å². The van der Waals surface area contributed by atoms with Crippen molar-refractivity contribution in [2.24, 2.45) is 11.8 Å². The van der Waals surface area contributed by atoms with Gasteiger partial charge in [-0.05, 0) is 39.2 Å². The van der Waals surface area contributed by atoms with Crippen molar-refractivity contribution in [3.63, 3.8) is 0 Å². The molecule has 0 saturated carbocycles. The van der Waals surface area contributed by atoms with Gasteiger partial charge in [0.05, 0.1) is 6.61 Å². The largest absolute Gasteiger partial charge is 0.454 e. The number of ether oxygens (including phenoxy) is 2. The molecule has 0 bridgehead atoms. The Hall–Kier alpha value is -1.98. The number of hydrogen-bond donors (Lipinski definition) is 1. The summed E-state index contributed by atoms with van der Waals surface area (Å²) in [6.07, 6.45) is 5.04. The maximum atomic E-state index is 13.2. The molecular weight excluding hydrogens is 332 g/mol. The van der Waals surface area contributed by atoms with Crippen LogP contribution in [0.1, 0.15) is 33.1 Å². The van der Waals surface area contributed by atoms with E-state index in [0.717, 1.165) is 24.0 Å². The van der Waals surface area contributed by atoms with Crippen LogP contribution in [0.5, 0.6) is 0 Å². The Labute approximate surface area is 155 Å². The Kier molecular flexibility index (Phi) is 6.73. The molecule has 0 aromatic heterocycles. The molecule has 1 saturated heterocycles. The van der Waals surface area contributed by atoms with E-state index in [4.69, 9.17) is 9.47 Å². The molecule has 0 amide bonds. The zero-order valence-electron chi connectivity index (χ0n) is 15.8. The van der Waals surface area contributed by atoms with E-state index < -0.39 is 30.0 Å². The van der Waals surface area contributed by atoms with Crippen LogP contribution < -0.4 is 0 Å². The van der Waals surface area contributed by atoms with Crippen LogP contribution in [0.2, 0.25) is 0 Å². The minimum absolute atomic E-state index is 0.205. The molecule has 1 unspecified atom stereocenters. The highest BCUT2D eigenvalue weighted by Crippen LogP contribution is 2.39. The number of hydrogen-bond acceptors (Lipinski definition) is 5. The smallest absolute Gasteiger partial charge is 0.334 e. The predicted molar refractivity (Wildman–Crippen MR) is 99.4 cm³/mol. The second-order valence-electron chi connectivity index (χ2n) is 7.13. The number of carbonyl (C=O) groups excluding carboxylic acids is 2. The van der Waals surface area contributed by atoms with E-state index in [0.29, 0.717) is 12.0 Å². The lowest BCUT2D eigenvalue weighted by molar-refractivity contribution is -0.138. The average Bonchev–Trinajstić information content (AvgIpc) is 2.86. The van der Waals surface area contributed by atoms with Gasteiger partial charge in [0.1, 0.15) is 12.2 Å². The van der Waals surface area contributed by atoms with Crippen molar-refractivity contribution < 1.29 is 24.2 Å². The van der Waals surface area contributed by atoms with Crippen molar-refractivity contribution in [3.8, 4) is 0 Å². The fourth-order valence-electron chi connectivity index (χ4n) is 3.66. The Morgan fingerprint density at radius 1 is 1.42 bits per heavy atom. The summed E-state index contributed by atoms with van der Waals surface area (Å²) in [5, 5.41) is 9.44. The molecule has 4 atom stereocenters. The molecule has 2 rings (SSSR count). The maximum Gasteiger partial charge on any atom is 0.334 e. The monoisotopic (exact) mass is 360 g/mol. The number of esters is 1. The molecule has 142 valence electrons. The molecule has 1 heterocycles. The van der Waals surface area contributed by atoms with Gasteiger partial charge in [-0.15, -0.1) is 0 Å². The first-order valence-electron chi connectivity index (χ1n) is 8.89. The number of rotatable bonds is 5. The molecule has 1 N–H and O–H groups in total. The van der Waals surface area contributed by atoms with E-state index in [1.54, 1.807) is 0 Å². The van der Waals surface area contributed by atoms with Gasteiger partial charge in [-0.3, -0.25) is 4.79 Å². The van der Waals surface area contributed by atoms with Crippen LogP contribution in [0, 0.1) is 11.8 Å². The second-order valence-corrected chi connectivity index (χ2v) is 7.13. The van der Waals surface area contributed by atoms with Crippen molar-refractivity contribution in [2.75, 3.05) is 13.7 Å². The Bertz CT molecular complexity index is 666. The molecule has 1 aliphatic carbocycles. The number of aliphatic hydroxyl groups excluding tert-OH is 1. The Morgan fingerprint density at radius 2 is 2.12 bits per heavy atom. The summed E-state index contributed by atoms with van der Waals surface area (Å²) >= 11 is 0. The number of allylic oxidation sites excluding steroid dienone is 3. The Morgan fingerprint density at radius 3 is 2.73 bits per heavy atom. The van der Waals surface area contributed by atoms with Crippen LogP contribution in [-0.4, -0.2) is 42.8 Å². The van der Waals surface area contributed by atoms with Crippen LogP contribution >= 0.6 is 0 Å². The zero-order valence-corrected chi connectivity index (χ0v) is 15.8. The van der Waals surface area contributed by atoms with Gasteiger partial charge in [0.25, 0.3) is 0 Å². The first kappa shape index (κ1) is 20.3. The standard InChI is InChI=1S/C21H28O5/c1-12-7-6-8-13(2)10-17-19(15(4)21(24)26-17)16(9-12)20(23)14(3)18(11-22)25-5/h7,10,16-19,22H,3-4,6,8-9,11H2,1-2,5H3/b12-7+,13-10+/t16-,17-,18?,19+/m1/s1. The first-order chi connectivity index (χ1) is 12.3. The van der Waals surface area contributed by atoms with E-state index in [2.05, 4.69) is 19.2 Å². The topological polar surface area (TPSA) is 72.8 Å². The van der Waals surface area contributed by atoms with E-state index >= 15 is 0 Å². The summed E-state index contributed by atoms with van der Waals surface area (Å²) in [6.45, 7) is 11.4. The lowest BCUT2D eigenvalue weighted by Crippen LogP contribution is -2.35. The van der Waals surface area contributed by atoms with Gasteiger partial charge < -0.3 is 14.6 Å². The highest BCUT2D eigenvalue weighted by atomic mass is 16.6. The van der Waals surface area contributed by atoms with E-state index in [1.165, 1.54) is 7.11 Å². The molecule has 1 aliphatic heterocycles. The summed E-state index contributed by atoms with van der Waals surface area (Å²) in [5.41, 5.74) is 2.71. The van der Waals surface area contributed by atoms with Gasteiger partial charge in [-0.25, -0.2) is 4.79 Å². The molecule has 0 radical (unpaired) electrons. The van der Waals surface area contributed by atoms with E-state index in [1.807, 2.05) is 19.9 Å². The zero-order chi connectivity index (χ0) is 19.4. The lowest BCUT2D eigenvalue weighted by Gasteiger charge is -2.28. The molecule has 2 aliphatic rings. The number of ketones is 1. The fourth-order valence-corrected chi connectivity index (χ4v) is 3.66. The molecule has 26 heavy (non-hydrogen) atoms. The minimum Gasteiger partial charge on any atom is -0.454 e. The fraction of sp³-hybridized carbons (Fsp3) is 0.524. The lowest BCUT2D eigenvalue weighted by atomic mass is 9.75. The molecule has 1 fully saturated rings. The summed E-state index contributed by atoms with van der Waals surface area (Å²) in [7, 11) is 1.42. The van der Waals surface area contributed by atoms with Crippen molar-refractivity contribution in [1.29, 1.82) is 0 Å². The van der Waals surface area contributed by atoms with Crippen LogP contribution in [0.25, 0.3) is 0 Å². The maximum absolute atomic E-state index is 13.2. The third-order valence-electron chi connectivity index (χ3n) is 5.21. The number of methoxy groups -OCH3 is 1. The number of carbonyl (C=O) groups is 2. The predicted octanol–water partition coefficient (Wildman–Crippen LogP) is 2.91. The van der Waals surface area contributed by atoms with Crippen molar-refractivity contribution >= 4 is 11.8 Å². The first-order valence-corrected chi connectivity index (χ1v) is 8.89. The molecule has 0 aromatic rings. The third kappa shape index (κ3) is 4.22. The minimum atomic E-state index is -0.760. The number of aliphatic hydroxyl groups is 1. The van der Waals surface area contributed by atoms with Gasteiger partial charge in [0, 0.05) is 30.1 Å². The number of Topliss-reactive ketones (excluding diaryl/α,β-unsaturated/α-hetero) is 1. The van der Waals surface area contributed by atoms with Gasteiger partial charge in [-0.2, -0.15) is 0 Å². The van der Waals surface area contributed by atoms with Crippen molar-refractivity contribution in [3.05, 3.63) is 47.6 Å². The summed E-state index contributed by atoms with van der Waals surface area (Å²) in [6, 6.07) is 0. The van der Waals surface area contributed by atoms with E-state index in [-0.39, 0.29) is 18.0 Å². The summed E-state index contributed by atoms with van der Waals surface area (Å²) in [5.74, 6) is -1.66. The van der Waals surface area contributed by atoms with Gasteiger partial charge in [0.15, 0.2) is 5.78 Å². The van der Waals surface area contributed by atoms with Crippen LogP contribution in [0.3, 0.4) is 0 Å². The third-order valence-corrected chi connectivity index (χ3v) is 5.21. The molecule has 0 spiro atoms. The summed E-state index contributed by atoms with van der Waals surface area (Å²) in [4.78, 5) is 25.3. The molecule has 5 nitrogen and oxygen atoms in total. The van der Waals surface area contributed by atoms with Crippen LogP contribution in [-0.2, 0) is 19.1 Å². The SMILES string of the molecule is C=C(C(=O)[C@@H]1C/C(C)=C/CC/C(C)=C/[C@H]2OC(=O)C(=C)[C@H]21)C(CO)OC. The highest BCUT2D eigenvalue weighted by molar-refractivity contribution is 6.00. The molecule has 0 aromatic carbocycles. The average molecular weight is 360 g/mol. The second kappa shape index (κ2) is 8.60. The van der Waals surface area contributed by atoms with Crippen molar-refractivity contribution in [2.45, 2.75) is 45.3 Å². The quantitative estimate of drug-likeness (QED) is 0.464. The molecule has 5 heteroatoms.